The molecule has 0 unspecified atom stereocenters. The van der Waals surface area contributed by atoms with Crippen molar-refractivity contribution in [3.63, 3.8) is 0 Å². The van der Waals surface area contributed by atoms with Gasteiger partial charge in [-0.15, -0.1) is 0 Å². The quantitative estimate of drug-likeness (QED) is 0.538. The molecule has 1 heterocycles. The van der Waals surface area contributed by atoms with Crippen LogP contribution < -0.4 is 0 Å². The van der Waals surface area contributed by atoms with E-state index >= 15 is 0 Å². The summed E-state index contributed by atoms with van der Waals surface area (Å²) in [6.07, 6.45) is 1.88. The van der Waals surface area contributed by atoms with Crippen molar-refractivity contribution < 1.29 is 14.4 Å². The summed E-state index contributed by atoms with van der Waals surface area (Å²) in [5.41, 5.74) is 0. The number of hydrogen-bond acceptors (Lipinski definition) is 1. The highest BCUT2D eigenvalue weighted by atomic mass is 16.4. The van der Waals surface area contributed by atoms with Crippen LogP contribution in [0.2, 0.25) is 0 Å². The first-order chi connectivity index (χ1) is 4.54. The molecule has 1 aliphatic rings. The topological polar surface area (TPSA) is 37.3 Å². The first-order valence-corrected chi connectivity index (χ1v) is 3.59. The lowest BCUT2D eigenvalue weighted by molar-refractivity contribution is -0.893. The van der Waals surface area contributed by atoms with Crippen molar-refractivity contribution in [2.24, 2.45) is 0 Å². The van der Waals surface area contributed by atoms with Crippen LogP contribution in [0.4, 0.5) is 0 Å². The molecule has 1 atom stereocenters. The van der Waals surface area contributed by atoms with Crippen molar-refractivity contribution >= 4 is 5.97 Å². The van der Waals surface area contributed by atoms with Crippen LogP contribution in [-0.2, 0) is 4.79 Å². The van der Waals surface area contributed by atoms with Crippen LogP contribution >= 0.6 is 0 Å². The molecule has 0 aromatic heterocycles. The Labute approximate surface area is 60.8 Å². The molecule has 0 aliphatic carbocycles. The van der Waals surface area contributed by atoms with Gasteiger partial charge in [0.1, 0.15) is 0 Å². The maximum atomic E-state index is 10.6. The highest BCUT2D eigenvalue weighted by Gasteiger charge is 2.39. The summed E-state index contributed by atoms with van der Waals surface area (Å²) in [4.78, 5) is 10.6. The normalized spacial score (nSPS) is 30.4. The van der Waals surface area contributed by atoms with Gasteiger partial charge < -0.3 is 9.59 Å². The molecular formula is C7H14NO2+. The van der Waals surface area contributed by atoms with E-state index in [9.17, 15) is 4.79 Å². The molecule has 0 saturated carbocycles. The van der Waals surface area contributed by atoms with Crippen LogP contribution in [0.5, 0.6) is 0 Å². The fourth-order valence-electron chi connectivity index (χ4n) is 1.62. The number of nitrogens with zero attached hydrogens (tertiary/aromatic N) is 1. The second-order valence-corrected chi connectivity index (χ2v) is 3.50. The zero-order valence-electron chi connectivity index (χ0n) is 6.50. The average molecular weight is 144 g/mol. The minimum absolute atomic E-state index is 0.167. The zero-order valence-corrected chi connectivity index (χ0v) is 6.50. The van der Waals surface area contributed by atoms with Crippen LogP contribution in [-0.4, -0.2) is 42.2 Å². The minimum atomic E-state index is -0.650. The Kier molecular flexibility index (Phi) is 1.68. The molecule has 1 aliphatic heterocycles. The third-order valence-corrected chi connectivity index (χ3v) is 2.34. The molecule has 0 aromatic rings. The molecule has 1 rings (SSSR count). The van der Waals surface area contributed by atoms with E-state index in [0.29, 0.717) is 4.48 Å². The Bertz CT molecular complexity index is 154. The first kappa shape index (κ1) is 7.54. The number of aliphatic carboxylic acids is 1. The number of carboxylic acid groups (broad SMARTS) is 1. The van der Waals surface area contributed by atoms with Gasteiger partial charge in [-0.05, 0) is 0 Å². The monoisotopic (exact) mass is 144 g/mol. The third-order valence-electron chi connectivity index (χ3n) is 2.34. The number of likely N-dealkylation sites (tertiary alicyclic amines) is 1. The predicted octanol–water partition coefficient (Wildman–Crippen LogP) is 0.310. The number of rotatable bonds is 1. The standard InChI is InChI=1S/C7H13NO2/c1-8(2)5-3-4-6(8)7(9)10/h6H,3-5H2,1-2H3/p+1/t6-/m0/s1. The Hall–Kier alpha value is -0.570. The number of likely N-dealkylation sites (N-methyl/N-ethyl adjacent to an activating group) is 1. The molecule has 10 heavy (non-hydrogen) atoms. The molecular weight excluding hydrogens is 130 g/mol. The molecule has 3 nitrogen and oxygen atoms in total. The van der Waals surface area contributed by atoms with E-state index in [1.807, 2.05) is 14.1 Å². The van der Waals surface area contributed by atoms with Crippen molar-refractivity contribution in [2.45, 2.75) is 18.9 Å². The second-order valence-electron chi connectivity index (χ2n) is 3.50. The summed E-state index contributed by atoms with van der Waals surface area (Å²) in [6.45, 7) is 0.997. The Morgan fingerprint density at radius 1 is 1.60 bits per heavy atom. The molecule has 1 N–H and O–H groups in total. The number of carboxylic acids is 1. The summed E-state index contributed by atoms with van der Waals surface area (Å²) in [5.74, 6) is -0.650. The van der Waals surface area contributed by atoms with Crippen LogP contribution in [0.1, 0.15) is 12.8 Å². The Morgan fingerprint density at radius 2 is 2.20 bits per heavy atom. The van der Waals surface area contributed by atoms with Gasteiger partial charge in [-0.3, -0.25) is 0 Å². The summed E-state index contributed by atoms with van der Waals surface area (Å²) < 4.78 is 0.648. The van der Waals surface area contributed by atoms with E-state index in [1.165, 1.54) is 0 Å². The summed E-state index contributed by atoms with van der Waals surface area (Å²) in [6, 6.07) is -0.167. The minimum Gasteiger partial charge on any atom is -0.477 e. The van der Waals surface area contributed by atoms with Crippen LogP contribution in [0.15, 0.2) is 0 Å². The van der Waals surface area contributed by atoms with Crippen molar-refractivity contribution in [3.05, 3.63) is 0 Å². The van der Waals surface area contributed by atoms with E-state index in [0.717, 1.165) is 19.4 Å². The largest absolute Gasteiger partial charge is 0.477 e. The summed E-state index contributed by atoms with van der Waals surface area (Å²) in [7, 11) is 3.96. The lowest BCUT2D eigenvalue weighted by Crippen LogP contribution is -2.48. The van der Waals surface area contributed by atoms with Gasteiger partial charge in [-0.25, -0.2) is 4.79 Å². The molecule has 0 radical (unpaired) electrons. The highest BCUT2D eigenvalue weighted by Crippen LogP contribution is 2.21. The van der Waals surface area contributed by atoms with Crippen molar-refractivity contribution in [1.82, 2.24) is 0 Å². The molecule has 0 amide bonds. The lowest BCUT2D eigenvalue weighted by Gasteiger charge is -2.28. The number of hydrogen-bond donors (Lipinski definition) is 1. The van der Waals surface area contributed by atoms with E-state index in [-0.39, 0.29) is 6.04 Å². The van der Waals surface area contributed by atoms with Gasteiger partial charge in [-0.1, -0.05) is 0 Å². The average Bonchev–Trinajstić information content (AvgIpc) is 2.08. The van der Waals surface area contributed by atoms with Gasteiger partial charge in [0.05, 0.1) is 20.6 Å². The van der Waals surface area contributed by atoms with Gasteiger partial charge in [0.15, 0.2) is 6.04 Å². The molecule has 1 saturated heterocycles. The van der Waals surface area contributed by atoms with E-state index in [1.54, 1.807) is 0 Å². The van der Waals surface area contributed by atoms with Gasteiger partial charge >= 0.3 is 5.97 Å². The molecule has 58 valence electrons. The van der Waals surface area contributed by atoms with Crippen molar-refractivity contribution in [3.8, 4) is 0 Å². The fraction of sp³-hybridized carbons (Fsp3) is 0.857. The third kappa shape index (κ3) is 1.14. The smallest absolute Gasteiger partial charge is 0.362 e. The van der Waals surface area contributed by atoms with E-state index in [2.05, 4.69) is 0 Å². The highest BCUT2D eigenvalue weighted by molar-refractivity contribution is 5.72. The number of carbonyl (C=O) groups is 1. The summed E-state index contributed by atoms with van der Waals surface area (Å²) in [5, 5.41) is 8.73. The molecule has 0 bridgehead atoms. The maximum Gasteiger partial charge on any atom is 0.362 e. The van der Waals surface area contributed by atoms with E-state index < -0.39 is 5.97 Å². The Morgan fingerprint density at radius 3 is 2.40 bits per heavy atom. The molecule has 1 fully saturated rings. The van der Waals surface area contributed by atoms with Crippen LogP contribution in [0.3, 0.4) is 0 Å². The van der Waals surface area contributed by atoms with Crippen LogP contribution in [0.25, 0.3) is 0 Å². The van der Waals surface area contributed by atoms with Gasteiger partial charge in [0.2, 0.25) is 0 Å². The van der Waals surface area contributed by atoms with Gasteiger partial charge in [-0.2, -0.15) is 0 Å². The fourth-order valence-corrected chi connectivity index (χ4v) is 1.62. The predicted molar refractivity (Wildman–Crippen MR) is 37.6 cm³/mol. The van der Waals surface area contributed by atoms with Crippen molar-refractivity contribution in [1.29, 1.82) is 0 Å². The van der Waals surface area contributed by atoms with Crippen LogP contribution in [0, 0.1) is 0 Å². The van der Waals surface area contributed by atoms with Gasteiger partial charge in [0.25, 0.3) is 0 Å². The summed E-state index contributed by atoms with van der Waals surface area (Å²) >= 11 is 0. The van der Waals surface area contributed by atoms with E-state index in [4.69, 9.17) is 5.11 Å². The zero-order chi connectivity index (χ0) is 7.78. The molecule has 3 heteroatoms. The second kappa shape index (κ2) is 2.23. The SMILES string of the molecule is C[N+]1(C)CCC[C@H]1C(=O)O. The number of quaternary nitrogens is 1. The molecule has 0 spiro atoms. The van der Waals surface area contributed by atoms with Crippen molar-refractivity contribution in [2.75, 3.05) is 20.6 Å². The van der Waals surface area contributed by atoms with Gasteiger partial charge in [0, 0.05) is 12.8 Å². The maximum absolute atomic E-state index is 10.6. The lowest BCUT2D eigenvalue weighted by atomic mass is 10.2. The Balaban J connectivity index is 2.68. The molecule has 0 aromatic carbocycles. The first-order valence-electron chi connectivity index (χ1n) is 3.59.